The number of nitrogens with one attached hydrogen (secondary N) is 2. The molecule has 0 fully saturated rings. The maximum atomic E-state index is 5.42. The minimum Gasteiger partial charge on any atom is -0.454 e. The third kappa shape index (κ3) is 3.56. The predicted octanol–water partition coefficient (Wildman–Crippen LogP) is 4.08. The number of aryl methyl sites for hydroxylation is 2. The van der Waals surface area contributed by atoms with Crippen molar-refractivity contribution < 1.29 is 9.47 Å². The fourth-order valence-corrected chi connectivity index (χ4v) is 2.94. The molecule has 0 amide bonds. The molecule has 0 saturated heterocycles. The van der Waals surface area contributed by atoms with Gasteiger partial charge in [0.1, 0.15) is 0 Å². The molecule has 5 heteroatoms. The van der Waals surface area contributed by atoms with Gasteiger partial charge in [0.15, 0.2) is 16.6 Å². The van der Waals surface area contributed by atoms with E-state index in [2.05, 4.69) is 49.6 Å². The molecule has 0 spiro atoms. The van der Waals surface area contributed by atoms with E-state index in [0.717, 1.165) is 17.2 Å². The fraction of sp³-hybridized carbons (Fsp3) is 0.278. The van der Waals surface area contributed by atoms with Crippen molar-refractivity contribution in [3.8, 4) is 11.5 Å². The Balaban J connectivity index is 1.66. The van der Waals surface area contributed by atoms with E-state index in [4.69, 9.17) is 21.7 Å². The van der Waals surface area contributed by atoms with Crippen molar-refractivity contribution in [3.05, 3.63) is 53.1 Å². The Bertz CT molecular complexity index is 746. The summed E-state index contributed by atoms with van der Waals surface area (Å²) in [6, 6.07) is 12.3. The summed E-state index contributed by atoms with van der Waals surface area (Å²) in [4.78, 5) is 0. The lowest BCUT2D eigenvalue weighted by Crippen LogP contribution is -2.31. The summed E-state index contributed by atoms with van der Waals surface area (Å²) in [7, 11) is 0. The number of ether oxygens (including phenoxy) is 2. The first kappa shape index (κ1) is 15.6. The second-order valence-corrected chi connectivity index (χ2v) is 6.16. The number of benzene rings is 2. The minimum absolute atomic E-state index is 0.129. The average Bonchev–Trinajstić information content (AvgIpc) is 2.97. The molecule has 1 aliphatic heterocycles. The lowest BCUT2D eigenvalue weighted by atomic mass is 10.0. The molecule has 2 N–H and O–H groups in total. The van der Waals surface area contributed by atoms with Crippen LogP contribution in [-0.4, -0.2) is 11.9 Å². The van der Waals surface area contributed by atoms with Crippen molar-refractivity contribution in [2.24, 2.45) is 0 Å². The van der Waals surface area contributed by atoms with Crippen LogP contribution in [0, 0.1) is 13.8 Å². The zero-order valence-corrected chi connectivity index (χ0v) is 14.3. The first-order valence-electron chi connectivity index (χ1n) is 7.57. The normalized spacial score (nSPS) is 13.5. The fourth-order valence-electron chi connectivity index (χ4n) is 2.64. The molecule has 3 rings (SSSR count). The van der Waals surface area contributed by atoms with E-state index in [0.29, 0.717) is 5.11 Å². The van der Waals surface area contributed by atoms with Crippen LogP contribution >= 0.6 is 12.2 Å². The number of anilines is 1. The third-order valence-corrected chi connectivity index (χ3v) is 4.10. The summed E-state index contributed by atoms with van der Waals surface area (Å²) in [5.74, 6) is 1.50. The highest BCUT2D eigenvalue weighted by atomic mass is 32.1. The lowest BCUT2D eigenvalue weighted by molar-refractivity contribution is 0.174. The zero-order chi connectivity index (χ0) is 16.4. The second kappa shape index (κ2) is 6.46. The second-order valence-electron chi connectivity index (χ2n) is 5.75. The molecule has 1 aliphatic rings. The van der Waals surface area contributed by atoms with Crippen LogP contribution < -0.4 is 20.1 Å². The maximum Gasteiger partial charge on any atom is 0.231 e. The molecule has 0 aromatic heterocycles. The van der Waals surface area contributed by atoms with Crippen molar-refractivity contribution >= 4 is 23.0 Å². The Morgan fingerprint density at radius 1 is 1.09 bits per heavy atom. The first-order valence-corrected chi connectivity index (χ1v) is 7.98. The third-order valence-electron chi connectivity index (χ3n) is 3.88. The van der Waals surface area contributed by atoms with Gasteiger partial charge in [0.05, 0.1) is 6.04 Å². The Kier molecular flexibility index (Phi) is 4.39. The van der Waals surface area contributed by atoms with Crippen LogP contribution in [0.2, 0.25) is 0 Å². The molecule has 23 heavy (non-hydrogen) atoms. The minimum atomic E-state index is 0.129. The van der Waals surface area contributed by atoms with Crippen molar-refractivity contribution in [2.75, 3.05) is 12.1 Å². The van der Waals surface area contributed by atoms with E-state index in [1.807, 2.05) is 18.2 Å². The number of fused-ring (bicyclic) bond motifs is 1. The van der Waals surface area contributed by atoms with Gasteiger partial charge in [-0.3, -0.25) is 0 Å². The van der Waals surface area contributed by atoms with Crippen LogP contribution in [-0.2, 0) is 0 Å². The number of hydrogen-bond acceptors (Lipinski definition) is 3. The molecule has 120 valence electrons. The summed E-state index contributed by atoms with van der Waals surface area (Å²) in [5, 5.41) is 7.10. The number of hydrogen-bond donors (Lipinski definition) is 2. The highest BCUT2D eigenvalue weighted by Gasteiger charge is 2.14. The predicted molar refractivity (Wildman–Crippen MR) is 96.3 cm³/mol. The molecule has 0 aliphatic carbocycles. The molecular formula is C18H20N2O2S. The van der Waals surface area contributed by atoms with Crippen LogP contribution in [0.4, 0.5) is 5.69 Å². The molecule has 0 bridgehead atoms. The highest BCUT2D eigenvalue weighted by molar-refractivity contribution is 7.80. The van der Waals surface area contributed by atoms with E-state index in [1.54, 1.807) is 0 Å². The highest BCUT2D eigenvalue weighted by Crippen LogP contribution is 2.34. The van der Waals surface area contributed by atoms with Gasteiger partial charge in [-0.05, 0) is 56.2 Å². The Morgan fingerprint density at radius 2 is 1.87 bits per heavy atom. The Morgan fingerprint density at radius 3 is 2.70 bits per heavy atom. The standard InChI is InChI=1S/C18H20N2O2S/c1-11-4-5-12(2)15(8-11)13(3)19-18(23)20-14-6-7-16-17(9-14)22-10-21-16/h4-9,13H,10H2,1-3H3,(H2,19,20,23)/t13-/m0/s1. The molecule has 0 unspecified atom stereocenters. The summed E-state index contributed by atoms with van der Waals surface area (Å²) in [6.45, 7) is 6.58. The van der Waals surface area contributed by atoms with Gasteiger partial charge in [-0.25, -0.2) is 0 Å². The topological polar surface area (TPSA) is 42.5 Å². The van der Waals surface area contributed by atoms with Gasteiger partial charge in [0.25, 0.3) is 0 Å². The molecule has 0 saturated carbocycles. The van der Waals surface area contributed by atoms with E-state index in [9.17, 15) is 0 Å². The van der Waals surface area contributed by atoms with Gasteiger partial charge >= 0.3 is 0 Å². The van der Waals surface area contributed by atoms with Crippen LogP contribution in [0.5, 0.6) is 11.5 Å². The summed E-state index contributed by atoms with van der Waals surface area (Å²) < 4.78 is 10.7. The number of thiocarbonyl (C=S) groups is 1. The van der Waals surface area contributed by atoms with Gasteiger partial charge < -0.3 is 20.1 Å². The van der Waals surface area contributed by atoms with Crippen molar-refractivity contribution in [1.82, 2.24) is 5.32 Å². The number of rotatable bonds is 3. The van der Waals surface area contributed by atoms with Crippen LogP contribution in [0.3, 0.4) is 0 Å². The van der Waals surface area contributed by atoms with Gasteiger partial charge in [-0.15, -0.1) is 0 Å². The Hall–Kier alpha value is -2.27. The van der Waals surface area contributed by atoms with Gasteiger partial charge in [0.2, 0.25) is 6.79 Å². The first-order chi connectivity index (χ1) is 11.0. The maximum absolute atomic E-state index is 5.42. The van der Waals surface area contributed by atoms with Crippen LogP contribution in [0.25, 0.3) is 0 Å². The van der Waals surface area contributed by atoms with Crippen LogP contribution in [0.1, 0.15) is 29.7 Å². The van der Waals surface area contributed by atoms with E-state index in [-0.39, 0.29) is 12.8 Å². The largest absolute Gasteiger partial charge is 0.454 e. The monoisotopic (exact) mass is 328 g/mol. The van der Waals surface area contributed by atoms with Gasteiger partial charge in [0, 0.05) is 11.8 Å². The lowest BCUT2D eigenvalue weighted by Gasteiger charge is -2.19. The summed E-state index contributed by atoms with van der Waals surface area (Å²) in [6.07, 6.45) is 0. The molecule has 2 aromatic carbocycles. The SMILES string of the molecule is Cc1ccc(C)c([C@H](C)NC(=S)Nc2ccc3c(c2)OCO3)c1. The van der Waals surface area contributed by atoms with Crippen molar-refractivity contribution in [2.45, 2.75) is 26.8 Å². The van der Waals surface area contributed by atoms with Crippen molar-refractivity contribution in [1.29, 1.82) is 0 Å². The van der Waals surface area contributed by atoms with Crippen LogP contribution in [0.15, 0.2) is 36.4 Å². The zero-order valence-electron chi connectivity index (χ0n) is 13.5. The average molecular weight is 328 g/mol. The van der Waals surface area contributed by atoms with E-state index >= 15 is 0 Å². The molecule has 0 radical (unpaired) electrons. The molecule has 4 nitrogen and oxygen atoms in total. The molecule has 1 heterocycles. The molecule has 2 aromatic rings. The molecular weight excluding hydrogens is 308 g/mol. The van der Waals surface area contributed by atoms with Crippen molar-refractivity contribution in [3.63, 3.8) is 0 Å². The summed E-state index contributed by atoms with van der Waals surface area (Å²) >= 11 is 5.42. The van der Waals surface area contributed by atoms with E-state index in [1.165, 1.54) is 16.7 Å². The summed E-state index contributed by atoms with van der Waals surface area (Å²) in [5.41, 5.74) is 4.62. The smallest absolute Gasteiger partial charge is 0.231 e. The van der Waals surface area contributed by atoms with E-state index < -0.39 is 0 Å². The van der Waals surface area contributed by atoms with Gasteiger partial charge in [-0.2, -0.15) is 0 Å². The quantitative estimate of drug-likeness (QED) is 0.831. The molecule has 1 atom stereocenters. The van der Waals surface area contributed by atoms with Gasteiger partial charge in [-0.1, -0.05) is 23.8 Å². The Labute approximate surface area is 141 Å².